The van der Waals surface area contributed by atoms with Gasteiger partial charge >= 0.3 is 0 Å². The minimum Gasteiger partial charge on any atom is -0.356 e. The Kier molecular flexibility index (Phi) is 9.36. The average Bonchev–Trinajstić information content (AvgIpc) is 3.00. The number of benzene rings is 1. The van der Waals surface area contributed by atoms with Gasteiger partial charge in [0, 0.05) is 24.7 Å². The molecule has 9 heteroatoms. The van der Waals surface area contributed by atoms with E-state index in [1.54, 1.807) is 48.7 Å². The van der Waals surface area contributed by atoms with E-state index in [1.165, 1.54) is 4.88 Å². The van der Waals surface area contributed by atoms with E-state index in [-0.39, 0.29) is 29.7 Å². The predicted octanol–water partition coefficient (Wildman–Crippen LogP) is 2.60. The fourth-order valence-corrected chi connectivity index (χ4v) is 4.14. The Morgan fingerprint density at radius 2 is 1.96 bits per heavy atom. The molecule has 2 rings (SSSR count). The maximum atomic E-state index is 12.2. The molecule has 0 aliphatic carbocycles. The second-order valence-corrected chi connectivity index (χ2v) is 8.63. The van der Waals surface area contributed by atoms with Crippen LogP contribution in [0.1, 0.15) is 16.3 Å². The van der Waals surface area contributed by atoms with Crippen LogP contribution in [0.15, 0.2) is 46.4 Å². The van der Waals surface area contributed by atoms with Crippen molar-refractivity contribution in [1.82, 2.24) is 15.6 Å². The molecule has 2 aromatic rings. The Morgan fingerprint density at radius 3 is 2.56 bits per heavy atom. The zero-order chi connectivity index (χ0) is 17.4. The SMILES string of the molecule is CN=C(NCCCS(=O)(=O)c1ccccc1)NCc1ncc(C)s1.I. The van der Waals surface area contributed by atoms with Crippen LogP contribution in [0.2, 0.25) is 0 Å². The molecular formula is C16H23IN4O2S2. The van der Waals surface area contributed by atoms with Gasteiger partial charge in [-0.1, -0.05) is 18.2 Å². The zero-order valence-electron chi connectivity index (χ0n) is 14.2. The molecule has 0 aliphatic heterocycles. The van der Waals surface area contributed by atoms with Gasteiger partial charge in [-0.05, 0) is 25.5 Å². The number of aromatic nitrogens is 1. The molecule has 6 nitrogen and oxygen atoms in total. The minimum absolute atomic E-state index is 0. The first-order valence-corrected chi connectivity index (χ1v) is 10.1. The van der Waals surface area contributed by atoms with Gasteiger partial charge in [-0.2, -0.15) is 0 Å². The van der Waals surface area contributed by atoms with Crippen molar-refractivity contribution in [3.63, 3.8) is 0 Å². The second kappa shape index (κ2) is 10.7. The van der Waals surface area contributed by atoms with Crippen LogP contribution in [0.25, 0.3) is 0 Å². The van der Waals surface area contributed by atoms with Crippen molar-refractivity contribution in [2.75, 3.05) is 19.3 Å². The molecule has 0 bridgehead atoms. The molecule has 0 saturated carbocycles. The van der Waals surface area contributed by atoms with Crippen molar-refractivity contribution in [1.29, 1.82) is 0 Å². The van der Waals surface area contributed by atoms with E-state index >= 15 is 0 Å². The van der Waals surface area contributed by atoms with Gasteiger partial charge in [0.2, 0.25) is 0 Å². The quantitative estimate of drug-likeness (QED) is 0.268. The number of aliphatic imine (C=N–C) groups is 1. The van der Waals surface area contributed by atoms with E-state index in [0.29, 0.717) is 30.4 Å². The number of guanidine groups is 1. The Labute approximate surface area is 170 Å². The summed E-state index contributed by atoms with van der Waals surface area (Å²) in [7, 11) is -1.54. The Hall–Kier alpha value is -1.20. The molecule has 0 aliphatic rings. The number of halogens is 1. The molecule has 0 saturated heterocycles. The first-order valence-electron chi connectivity index (χ1n) is 7.65. The Morgan fingerprint density at radius 1 is 1.24 bits per heavy atom. The van der Waals surface area contributed by atoms with Crippen molar-refractivity contribution in [3.8, 4) is 0 Å². The van der Waals surface area contributed by atoms with E-state index in [0.717, 1.165) is 5.01 Å². The maximum absolute atomic E-state index is 12.2. The van der Waals surface area contributed by atoms with E-state index in [1.807, 2.05) is 13.1 Å². The van der Waals surface area contributed by atoms with Crippen molar-refractivity contribution in [2.45, 2.75) is 24.8 Å². The van der Waals surface area contributed by atoms with Crippen LogP contribution in [0.3, 0.4) is 0 Å². The van der Waals surface area contributed by atoms with Crippen LogP contribution in [-0.4, -0.2) is 38.7 Å². The summed E-state index contributed by atoms with van der Waals surface area (Å²) >= 11 is 1.63. The number of nitrogens with one attached hydrogen (secondary N) is 2. The number of rotatable bonds is 7. The van der Waals surface area contributed by atoms with E-state index in [9.17, 15) is 8.42 Å². The van der Waals surface area contributed by atoms with Gasteiger partial charge in [0.1, 0.15) is 5.01 Å². The predicted molar refractivity (Wildman–Crippen MR) is 114 cm³/mol. The molecular weight excluding hydrogens is 471 g/mol. The van der Waals surface area contributed by atoms with Crippen molar-refractivity contribution in [2.24, 2.45) is 4.99 Å². The van der Waals surface area contributed by atoms with Gasteiger partial charge in [-0.15, -0.1) is 35.3 Å². The molecule has 0 radical (unpaired) electrons. The first-order chi connectivity index (χ1) is 11.5. The highest BCUT2D eigenvalue weighted by atomic mass is 127. The summed E-state index contributed by atoms with van der Waals surface area (Å²) in [6, 6.07) is 8.52. The van der Waals surface area contributed by atoms with Crippen molar-refractivity contribution < 1.29 is 8.42 Å². The Balaban J connectivity index is 0.00000312. The first kappa shape index (κ1) is 21.8. The third kappa shape index (κ3) is 7.28. The lowest BCUT2D eigenvalue weighted by atomic mass is 10.4. The molecule has 1 aromatic heterocycles. The summed E-state index contributed by atoms with van der Waals surface area (Å²) in [5, 5.41) is 7.28. The van der Waals surface area contributed by atoms with Crippen LogP contribution in [0, 0.1) is 6.92 Å². The summed E-state index contributed by atoms with van der Waals surface area (Å²) in [6.07, 6.45) is 2.35. The molecule has 1 aromatic carbocycles. The lowest BCUT2D eigenvalue weighted by Gasteiger charge is -2.11. The standard InChI is InChI=1S/C16H22N4O2S2.HI/c1-13-11-19-15(23-13)12-20-16(17-2)18-9-6-10-24(21,22)14-7-4-3-5-8-14;/h3-5,7-8,11H,6,9-10,12H2,1-2H3,(H2,17,18,20);1H. The largest absolute Gasteiger partial charge is 0.356 e. The van der Waals surface area contributed by atoms with Gasteiger partial charge < -0.3 is 10.6 Å². The molecule has 0 fully saturated rings. The van der Waals surface area contributed by atoms with Crippen molar-refractivity contribution in [3.05, 3.63) is 46.4 Å². The van der Waals surface area contributed by atoms with Crippen LogP contribution in [0.4, 0.5) is 0 Å². The second-order valence-electron chi connectivity index (χ2n) is 5.20. The monoisotopic (exact) mass is 494 g/mol. The molecule has 0 unspecified atom stereocenters. The topological polar surface area (TPSA) is 83.5 Å². The van der Waals surface area contributed by atoms with Gasteiger partial charge in [0.15, 0.2) is 15.8 Å². The molecule has 138 valence electrons. The molecule has 1 heterocycles. The van der Waals surface area contributed by atoms with Crippen molar-refractivity contribution >= 4 is 51.1 Å². The minimum atomic E-state index is -3.23. The summed E-state index contributed by atoms with van der Waals surface area (Å²) < 4.78 is 24.4. The van der Waals surface area contributed by atoms with Crippen LogP contribution < -0.4 is 10.6 Å². The van der Waals surface area contributed by atoms with E-state index in [4.69, 9.17) is 0 Å². The summed E-state index contributed by atoms with van der Waals surface area (Å²) in [6.45, 7) is 3.14. The number of nitrogens with zero attached hydrogens (tertiary/aromatic N) is 2. The molecule has 0 spiro atoms. The highest BCUT2D eigenvalue weighted by Crippen LogP contribution is 2.11. The summed E-state index contributed by atoms with van der Waals surface area (Å²) in [4.78, 5) is 9.94. The molecule has 25 heavy (non-hydrogen) atoms. The summed E-state index contributed by atoms with van der Waals surface area (Å²) in [5.41, 5.74) is 0. The lowest BCUT2D eigenvalue weighted by Crippen LogP contribution is -2.37. The average molecular weight is 494 g/mol. The summed E-state index contributed by atoms with van der Waals surface area (Å²) in [5.74, 6) is 0.743. The molecule has 2 N–H and O–H groups in total. The van der Waals surface area contributed by atoms with Crippen LogP contribution in [-0.2, 0) is 16.4 Å². The van der Waals surface area contributed by atoms with Gasteiger partial charge in [-0.25, -0.2) is 13.4 Å². The fraction of sp³-hybridized carbons (Fsp3) is 0.375. The zero-order valence-corrected chi connectivity index (χ0v) is 18.2. The van der Waals surface area contributed by atoms with Crippen LogP contribution >= 0.6 is 35.3 Å². The number of thiazole rings is 1. The third-order valence-corrected chi connectivity index (χ3v) is 6.01. The molecule has 0 amide bonds. The maximum Gasteiger partial charge on any atom is 0.191 e. The lowest BCUT2D eigenvalue weighted by molar-refractivity contribution is 0.592. The van der Waals surface area contributed by atoms with Gasteiger partial charge in [0.25, 0.3) is 0 Å². The number of hydrogen-bond donors (Lipinski definition) is 2. The number of aryl methyl sites for hydroxylation is 1. The Bertz CT molecular complexity index is 776. The smallest absolute Gasteiger partial charge is 0.191 e. The highest BCUT2D eigenvalue weighted by molar-refractivity contribution is 14.0. The number of sulfone groups is 1. The van der Waals surface area contributed by atoms with Crippen LogP contribution in [0.5, 0.6) is 0 Å². The highest BCUT2D eigenvalue weighted by Gasteiger charge is 2.13. The van der Waals surface area contributed by atoms with Gasteiger partial charge in [-0.3, -0.25) is 4.99 Å². The fourth-order valence-electron chi connectivity index (χ4n) is 2.08. The van der Waals surface area contributed by atoms with E-state index < -0.39 is 9.84 Å². The molecule has 0 atom stereocenters. The normalized spacial score (nSPS) is 11.7. The third-order valence-electron chi connectivity index (χ3n) is 3.28. The van der Waals surface area contributed by atoms with E-state index in [2.05, 4.69) is 20.6 Å². The number of hydrogen-bond acceptors (Lipinski definition) is 5. The van der Waals surface area contributed by atoms with Gasteiger partial charge in [0.05, 0.1) is 17.2 Å².